The van der Waals surface area contributed by atoms with E-state index in [-0.39, 0.29) is 0 Å². The Bertz CT molecular complexity index is 495. The molecule has 108 valence electrons. The molecule has 0 fully saturated rings. The minimum Gasteiger partial charge on any atom is -0.468 e. The van der Waals surface area contributed by atoms with Crippen LogP contribution in [0.15, 0.2) is 41.1 Å². The van der Waals surface area contributed by atoms with Crippen LogP contribution in [0.1, 0.15) is 30.9 Å². The van der Waals surface area contributed by atoms with Gasteiger partial charge in [0.25, 0.3) is 0 Å². The maximum atomic E-state index is 5.63. The molecule has 0 radical (unpaired) electrons. The smallest absolute Gasteiger partial charge is 0.122 e. The number of hydrogen-bond acceptors (Lipinski definition) is 4. The van der Waals surface area contributed by atoms with Gasteiger partial charge in [0.1, 0.15) is 5.76 Å². The second kappa shape index (κ2) is 7.82. The van der Waals surface area contributed by atoms with Gasteiger partial charge in [-0.2, -0.15) is 0 Å². The second-order valence-electron chi connectivity index (χ2n) is 4.77. The Balaban J connectivity index is 1.97. The molecule has 2 aromatic heterocycles. The summed E-state index contributed by atoms with van der Waals surface area (Å²) in [6.45, 7) is 8.74. The van der Waals surface area contributed by atoms with Crippen molar-refractivity contribution in [1.82, 2.24) is 15.2 Å². The third-order valence-corrected chi connectivity index (χ3v) is 3.33. The van der Waals surface area contributed by atoms with Crippen molar-refractivity contribution in [3.05, 3.63) is 53.7 Å². The molecular weight excluding hydrogens is 250 g/mol. The monoisotopic (exact) mass is 273 g/mol. The standard InChI is InChI=1S/C16H23N3O/c1-3-17-11-14-8-10-20-16(14)13-19(4-2)12-15-7-5-6-9-18-15/h5-10,17H,3-4,11-13H2,1-2H3. The van der Waals surface area contributed by atoms with E-state index in [1.165, 1.54) is 5.56 Å². The fourth-order valence-corrected chi connectivity index (χ4v) is 2.13. The van der Waals surface area contributed by atoms with Gasteiger partial charge in [0.05, 0.1) is 18.5 Å². The lowest BCUT2D eigenvalue weighted by molar-refractivity contribution is 0.243. The molecule has 1 N–H and O–H groups in total. The van der Waals surface area contributed by atoms with Crippen LogP contribution in [-0.4, -0.2) is 23.0 Å². The molecule has 0 aliphatic rings. The topological polar surface area (TPSA) is 41.3 Å². The fraction of sp³-hybridized carbons (Fsp3) is 0.438. The van der Waals surface area contributed by atoms with Crippen molar-refractivity contribution in [1.29, 1.82) is 0 Å². The van der Waals surface area contributed by atoms with Crippen LogP contribution in [0.3, 0.4) is 0 Å². The molecule has 20 heavy (non-hydrogen) atoms. The maximum Gasteiger partial charge on any atom is 0.122 e. The molecular formula is C16H23N3O. The Morgan fingerprint density at radius 2 is 2.10 bits per heavy atom. The van der Waals surface area contributed by atoms with E-state index < -0.39 is 0 Å². The van der Waals surface area contributed by atoms with Crippen LogP contribution in [0.5, 0.6) is 0 Å². The lowest BCUT2D eigenvalue weighted by atomic mass is 10.2. The van der Waals surface area contributed by atoms with Crippen molar-refractivity contribution in [2.24, 2.45) is 0 Å². The Kier molecular flexibility index (Phi) is 5.77. The van der Waals surface area contributed by atoms with Gasteiger partial charge in [-0.1, -0.05) is 19.9 Å². The van der Waals surface area contributed by atoms with E-state index in [1.54, 1.807) is 6.26 Å². The van der Waals surface area contributed by atoms with Gasteiger partial charge >= 0.3 is 0 Å². The highest BCUT2D eigenvalue weighted by molar-refractivity contribution is 5.17. The van der Waals surface area contributed by atoms with Crippen LogP contribution in [0, 0.1) is 0 Å². The zero-order valence-electron chi connectivity index (χ0n) is 12.3. The van der Waals surface area contributed by atoms with Crippen molar-refractivity contribution in [3.8, 4) is 0 Å². The minimum absolute atomic E-state index is 0.820. The molecule has 4 nitrogen and oxygen atoms in total. The number of pyridine rings is 1. The highest BCUT2D eigenvalue weighted by Gasteiger charge is 2.11. The molecule has 2 aromatic rings. The largest absolute Gasteiger partial charge is 0.468 e. The fourth-order valence-electron chi connectivity index (χ4n) is 2.13. The summed E-state index contributed by atoms with van der Waals surface area (Å²) < 4.78 is 5.63. The Labute approximate surface area is 120 Å². The van der Waals surface area contributed by atoms with Gasteiger partial charge < -0.3 is 9.73 Å². The summed E-state index contributed by atoms with van der Waals surface area (Å²) in [6.07, 6.45) is 3.61. The molecule has 2 heterocycles. The number of nitrogens with one attached hydrogen (secondary N) is 1. The molecule has 0 bridgehead atoms. The first-order valence-electron chi connectivity index (χ1n) is 7.21. The molecule has 4 heteroatoms. The molecule has 0 aliphatic carbocycles. The van der Waals surface area contributed by atoms with Crippen LogP contribution in [0.4, 0.5) is 0 Å². The van der Waals surface area contributed by atoms with Crippen molar-refractivity contribution in [2.45, 2.75) is 33.5 Å². The molecule has 0 aliphatic heterocycles. The van der Waals surface area contributed by atoms with Gasteiger partial charge in [-0.25, -0.2) is 0 Å². The summed E-state index contributed by atoms with van der Waals surface area (Å²) in [7, 11) is 0. The lowest BCUT2D eigenvalue weighted by Gasteiger charge is -2.19. The SMILES string of the molecule is CCNCc1ccoc1CN(CC)Cc1ccccn1. The predicted octanol–water partition coefficient (Wildman–Crippen LogP) is 2.81. The van der Waals surface area contributed by atoms with E-state index in [0.29, 0.717) is 0 Å². The van der Waals surface area contributed by atoms with Gasteiger partial charge in [-0.05, 0) is 31.3 Å². The quantitative estimate of drug-likeness (QED) is 0.803. The van der Waals surface area contributed by atoms with Crippen LogP contribution in [0.25, 0.3) is 0 Å². The number of hydrogen-bond donors (Lipinski definition) is 1. The predicted molar refractivity (Wildman–Crippen MR) is 80.1 cm³/mol. The molecule has 0 amide bonds. The number of nitrogens with zero attached hydrogens (tertiary/aromatic N) is 2. The van der Waals surface area contributed by atoms with Crippen molar-refractivity contribution < 1.29 is 4.42 Å². The summed E-state index contributed by atoms with van der Waals surface area (Å²) >= 11 is 0. The zero-order valence-corrected chi connectivity index (χ0v) is 12.3. The van der Waals surface area contributed by atoms with Gasteiger partial charge in [0.15, 0.2) is 0 Å². The number of furan rings is 1. The van der Waals surface area contributed by atoms with Gasteiger partial charge in [0, 0.05) is 24.8 Å². The molecule has 0 aromatic carbocycles. The van der Waals surface area contributed by atoms with E-state index in [2.05, 4.69) is 35.1 Å². The van der Waals surface area contributed by atoms with E-state index in [0.717, 1.165) is 44.2 Å². The highest BCUT2D eigenvalue weighted by atomic mass is 16.3. The summed E-state index contributed by atoms with van der Waals surface area (Å²) in [6, 6.07) is 8.08. The number of rotatable bonds is 8. The van der Waals surface area contributed by atoms with Crippen molar-refractivity contribution in [2.75, 3.05) is 13.1 Å². The zero-order chi connectivity index (χ0) is 14.2. The maximum absolute atomic E-state index is 5.63. The van der Waals surface area contributed by atoms with Gasteiger partial charge in [-0.15, -0.1) is 0 Å². The molecule has 0 atom stereocenters. The molecule has 0 unspecified atom stereocenters. The summed E-state index contributed by atoms with van der Waals surface area (Å²) in [5.74, 6) is 1.05. The minimum atomic E-state index is 0.820. The number of aromatic nitrogens is 1. The third-order valence-electron chi connectivity index (χ3n) is 3.33. The summed E-state index contributed by atoms with van der Waals surface area (Å²) in [4.78, 5) is 6.71. The van der Waals surface area contributed by atoms with Crippen LogP contribution < -0.4 is 5.32 Å². The van der Waals surface area contributed by atoms with Crippen molar-refractivity contribution >= 4 is 0 Å². The van der Waals surface area contributed by atoms with Crippen LogP contribution >= 0.6 is 0 Å². The average Bonchev–Trinajstić information content (AvgIpc) is 2.92. The van der Waals surface area contributed by atoms with Crippen molar-refractivity contribution in [3.63, 3.8) is 0 Å². The average molecular weight is 273 g/mol. The third kappa shape index (κ3) is 4.18. The van der Waals surface area contributed by atoms with Gasteiger partial charge in [0.2, 0.25) is 0 Å². The van der Waals surface area contributed by atoms with E-state index >= 15 is 0 Å². The molecule has 2 rings (SSSR count). The second-order valence-corrected chi connectivity index (χ2v) is 4.77. The lowest BCUT2D eigenvalue weighted by Crippen LogP contribution is -2.23. The summed E-state index contributed by atoms with van der Waals surface area (Å²) in [5.41, 5.74) is 2.33. The first-order valence-corrected chi connectivity index (χ1v) is 7.21. The van der Waals surface area contributed by atoms with Gasteiger partial charge in [-0.3, -0.25) is 9.88 Å². The molecule has 0 saturated carbocycles. The highest BCUT2D eigenvalue weighted by Crippen LogP contribution is 2.14. The van der Waals surface area contributed by atoms with E-state index in [9.17, 15) is 0 Å². The first-order chi connectivity index (χ1) is 9.83. The Hall–Kier alpha value is -1.65. The van der Waals surface area contributed by atoms with E-state index in [1.807, 2.05) is 24.4 Å². The molecule has 0 saturated heterocycles. The normalized spacial score (nSPS) is 11.2. The summed E-state index contributed by atoms with van der Waals surface area (Å²) in [5, 5.41) is 3.34. The first kappa shape index (κ1) is 14.8. The Morgan fingerprint density at radius 1 is 1.20 bits per heavy atom. The van der Waals surface area contributed by atoms with Crippen LogP contribution in [-0.2, 0) is 19.6 Å². The van der Waals surface area contributed by atoms with Crippen LogP contribution in [0.2, 0.25) is 0 Å². The van der Waals surface area contributed by atoms with E-state index in [4.69, 9.17) is 4.42 Å². The Morgan fingerprint density at radius 3 is 2.80 bits per heavy atom. The molecule has 0 spiro atoms.